The van der Waals surface area contributed by atoms with Crippen LogP contribution in [0.3, 0.4) is 0 Å². The summed E-state index contributed by atoms with van der Waals surface area (Å²) in [7, 11) is 0. The van der Waals surface area contributed by atoms with E-state index in [9.17, 15) is 14.0 Å². The quantitative estimate of drug-likeness (QED) is 0.793. The van der Waals surface area contributed by atoms with E-state index in [1.165, 1.54) is 0 Å². The van der Waals surface area contributed by atoms with Crippen LogP contribution in [0.4, 0.5) is 4.39 Å². The number of ether oxygens (including phenoxy) is 1. The van der Waals surface area contributed by atoms with Crippen molar-refractivity contribution in [2.24, 2.45) is 5.92 Å². The number of esters is 1. The van der Waals surface area contributed by atoms with E-state index in [2.05, 4.69) is 0 Å². The zero-order chi connectivity index (χ0) is 16.9. The number of hydrazine groups is 1. The van der Waals surface area contributed by atoms with Gasteiger partial charge in [-0.1, -0.05) is 30.3 Å². The van der Waals surface area contributed by atoms with Crippen LogP contribution in [0.25, 0.3) is 0 Å². The molecule has 0 aromatic heterocycles. The molecule has 0 radical (unpaired) electrons. The lowest BCUT2D eigenvalue weighted by molar-refractivity contribution is -0.169. The Bertz CT molecular complexity index is 581. The minimum atomic E-state index is -1.22. The third kappa shape index (κ3) is 3.93. The van der Waals surface area contributed by atoms with Gasteiger partial charge in [0.15, 0.2) is 0 Å². The van der Waals surface area contributed by atoms with Crippen molar-refractivity contribution in [1.29, 1.82) is 0 Å². The van der Waals surface area contributed by atoms with Crippen LogP contribution in [0, 0.1) is 5.92 Å². The number of carbonyl (C=O) groups is 2. The molecule has 2 heterocycles. The average molecular weight is 334 g/mol. The highest BCUT2D eigenvalue weighted by molar-refractivity contribution is 5.77. The normalized spacial score (nSPS) is 25.5. The van der Waals surface area contributed by atoms with Crippen LogP contribution >= 0.6 is 0 Å². The highest BCUT2D eigenvalue weighted by atomic mass is 19.1. The molecule has 1 amide bonds. The molecular weight excluding hydrogens is 311 g/mol. The molecule has 3 rings (SSSR count). The summed E-state index contributed by atoms with van der Waals surface area (Å²) in [4.78, 5) is 24.3. The highest BCUT2D eigenvalue weighted by Crippen LogP contribution is 2.25. The Kier molecular flexibility index (Phi) is 5.45. The summed E-state index contributed by atoms with van der Waals surface area (Å²) < 4.78 is 19.5. The number of carbonyl (C=O) groups excluding carboxylic acids is 2. The van der Waals surface area contributed by atoms with Crippen LogP contribution in [-0.4, -0.2) is 47.7 Å². The summed E-state index contributed by atoms with van der Waals surface area (Å²) in [5.74, 6) is -1.30. The Morgan fingerprint density at radius 1 is 1.21 bits per heavy atom. The van der Waals surface area contributed by atoms with Gasteiger partial charge in [0.2, 0.25) is 5.91 Å². The smallest absolute Gasteiger partial charge is 0.313 e. The summed E-state index contributed by atoms with van der Waals surface area (Å²) in [6.07, 6.45) is 1.40. The topological polar surface area (TPSA) is 49.9 Å². The molecule has 130 valence electrons. The number of hydrogen-bond donors (Lipinski definition) is 0. The maximum absolute atomic E-state index is 14.2. The van der Waals surface area contributed by atoms with Gasteiger partial charge in [0.05, 0.1) is 0 Å². The SMILES string of the molecule is O=C(OCc1ccccc1)C1CN(N2CCCCC2=O)CCC1F. The minimum absolute atomic E-state index is 0.0648. The van der Waals surface area contributed by atoms with Crippen LogP contribution in [0.15, 0.2) is 30.3 Å². The monoisotopic (exact) mass is 334 g/mol. The number of halogens is 1. The molecule has 2 unspecified atom stereocenters. The number of alkyl halides is 1. The van der Waals surface area contributed by atoms with Crippen molar-refractivity contribution < 1.29 is 18.7 Å². The molecule has 2 saturated heterocycles. The number of piperidine rings is 2. The maximum Gasteiger partial charge on any atom is 0.313 e. The molecule has 2 fully saturated rings. The number of rotatable bonds is 4. The number of nitrogens with zero attached hydrogens (tertiary/aromatic N) is 2. The minimum Gasteiger partial charge on any atom is -0.460 e. The van der Waals surface area contributed by atoms with Crippen molar-refractivity contribution in [3.05, 3.63) is 35.9 Å². The lowest BCUT2D eigenvalue weighted by Crippen LogP contribution is -2.56. The summed E-state index contributed by atoms with van der Waals surface area (Å²) in [5, 5.41) is 3.51. The Hall–Kier alpha value is -1.95. The first-order valence-corrected chi connectivity index (χ1v) is 8.55. The maximum atomic E-state index is 14.2. The van der Waals surface area contributed by atoms with E-state index in [-0.39, 0.29) is 25.5 Å². The molecule has 0 N–H and O–H groups in total. The van der Waals surface area contributed by atoms with Gasteiger partial charge in [-0.05, 0) is 24.8 Å². The molecule has 2 aliphatic rings. The van der Waals surface area contributed by atoms with E-state index in [4.69, 9.17) is 4.74 Å². The second-order valence-electron chi connectivity index (χ2n) is 6.39. The lowest BCUT2D eigenvalue weighted by atomic mass is 9.96. The number of benzene rings is 1. The first-order chi connectivity index (χ1) is 11.6. The fraction of sp³-hybridized carbons (Fsp3) is 0.556. The zero-order valence-electron chi connectivity index (χ0n) is 13.7. The third-order valence-corrected chi connectivity index (χ3v) is 4.67. The first-order valence-electron chi connectivity index (χ1n) is 8.55. The molecule has 0 bridgehead atoms. The van der Waals surface area contributed by atoms with Crippen LogP contribution in [0.1, 0.15) is 31.2 Å². The third-order valence-electron chi connectivity index (χ3n) is 4.67. The van der Waals surface area contributed by atoms with Crippen molar-refractivity contribution in [3.63, 3.8) is 0 Å². The Balaban J connectivity index is 1.58. The van der Waals surface area contributed by atoms with E-state index < -0.39 is 18.1 Å². The van der Waals surface area contributed by atoms with Gasteiger partial charge in [-0.25, -0.2) is 9.40 Å². The van der Waals surface area contributed by atoms with E-state index in [1.807, 2.05) is 35.3 Å². The standard InChI is InChI=1S/C18H23FN2O3/c19-16-9-11-20(21-10-5-4-8-17(21)22)12-15(16)18(23)24-13-14-6-2-1-3-7-14/h1-3,6-7,15-16H,4-5,8-13H2. The van der Waals surface area contributed by atoms with Gasteiger partial charge in [-0.3, -0.25) is 14.6 Å². The predicted octanol–water partition coefficient (Wildman–Crippen LogP) is 2.32. The van der Waals surface area contributed by atoms with E-state index in [0.29, 0.717) is 19.5 Å². The van der Waals surface area contributed by atoms with Crippen molar-refractivity contribution in [1.82, 2.24) is 10.0 Å². The zero-order valence-corrected chi connectivity index (χ0v) is 13.7. The Morgan fingerprint density at radius 3 is 2.75 bits per heavy atom. The van der Waals surface area contributed by atoms with Gasteiger partial charge >= 0.3 is 5.97 Å². The van der Waals surface area contributed by atoms with E-state index in [1.54, 1.807) is 5.01 Å². The molecule has 1 aromatic rings. The van der Waals surface area contributed by atoms with Gasteiger partial charge in [0.1, 0.15) is 18.7 Å². The summed E-state index contributed by atoms with van der Waals surface area (Å²) in [6, 6.07) is 9.34. The summed E-state index contributed by atoms with van der Waals surface area (Å²) in [6.45, 7) is 1.48. The van der Waals surface area contributed by atoms with Crippen molar-refractivity contribution in [2.45, 2.75) is 38.5 Å². The van der Waals surface area contributed by atoms with Crippen LogP contribution in [0.5, 0.6) is 0 Å². The van der Waals surface area contributed by atoms with Crippen LogP contribution < -0.4 is 0 Å². The molecule has 0 saturated carbocycles. The fourth-order valence-corrected chi connectivity index (χ4v) is 3.27. The molecule has 1 aromatic carbocycles. The number of hydrogen-bond acceptors (Lipinski definition) is 4. The van der Waals surface area contributed by atoms with Gasteiger partial charge in [-0.2, -0.15) is 0 Å². The molecule has 0 aliphatic carbocycles. The summed E-state index contributed by atoms with van der Waals surface area (Å²) >= 11 is 0. The van der Waals surface area contributed by atoms with Crippen LogP contribution in [-0.2, 0) is 20.9 Å². The van der Waals surface area contributed by atoms with E-state index >= 15 is 0 Å². The highest BCUT2D eigenvalue weighted by Gasteiger charge is 2.39. The number of amides is 1. The summed E-state index contributed by atoms with van der Waals surface area (Å²) in [5.41, 5.74) is 0.875. The van der Waals surface area contributed by atoms with Gasteiger partial charge in [0.25, 0.3) is 0 Å². The van der Waals surface area contributed by atoms with Crippen molar-refractivity contribution in [3.8, 4) is 0 Å². The Morgan fingerprint density at radius 2 is 2.00 bits per heavy atom. The second kappa shape index (κ2) is 7.75. The molecule has 5 nitrogen and oxygen atoms in total. The molecule has 24 heavy (non-hydrogen) atoms. The molecule has 6 heteroatoms. The fourth-order valence-electron chi connectivity index (χ4n) is 3.27. The van der Waals surface area contributed by atoms with Crippen molar-refractivity contribution in [2.75, 3.05) is 19.6 Å². The molecule has 2 atom stereocenters. The first kappa shape index (κ1) is 16.9. The molecule has 2 aliphatic heterocycles. The van der Waals surface area contributed by atoms with Gasteiger partial charge < -0.3 is 4.74 Å². The Labute approximate surface area is 141 Å². The molecule has 0 spiro atoms. The van der Waals surface area contributed by atoms with Gasteiger partial charge in [0, 0.05) is 26.1 Å². The average Bonchev–Trinajstić information content (AvgIpc) is 2.61. The van der Waals surface area contributed by atoms with Crippen molar-refractivity contribution >= 4 is 11.9 Å². The lowest BCUT2D eigenvalue weighted by Gasteiger charge is -2.42. The molecular formula is C18H23FN2O3. The van der Waals surface area contributed by atoms with Crippen LogP contribution in [0.2, 0.25) is 0 Å². The second-order valence-corrected chi connectivity index (χ2v) is 6.39. The predicted molar refractivity (Wildman–Crippen MR) is 86.4 cm³/mol. The largest absolute Gasteiger partial charge is 0.460 e. The van der Waals surface area contributed by atoms with Gasteiger partial charge in [-0.15, -0.1) is 0 Å². The van der Waals surface area contributed by atoms with E-state index in [0.717, 1.165) is 18.4 Å².